The molecule has 2 aromatic heterocycles. The second-order valence-corrected chi connectivity index (χ2v) is 9.59. The summed E-state index contributed by atoms with van der Waals surface area (Å²) in [5.41, 5.74) is 1.44. The summed E-state index contributed by atoms with van der Waals surface area (Å²) >= 11 is 1.20. The molecule has 3 aromatic rings. The van der Waals surface area contributed by atoms with Crippen molar-refractivity contribution in [2.45, 2.75) is 18.9 Å². The van der Waals surface area contributed by atoms with E-state index >= 15 is 0 Å². The summed E-state index contributed by atoms with van der Waals surface area (Å²) in [4.78, 5) is 38.3. The first kappa shape index (κ1) is 23.3. The summed E-state index contributed by atoms with van der Waals surface area (Å²) in [6, 6.07) is 5.04. The van der Waals surface area contributed by atoms with Crippen molar-refractivity contribution >= 4 is 34.0 Å². The van der Waals surface area contributed by atoms with Crippen LogP contribution in [0.4, 0.5) is 10.8 Å². The standard InChI is InChI=1S/C23H26N8O3S/c1-30-8-10-31(11-9-30)14-20(32)26-17-12-15(2-5-19(17)34-16-3-4-16)21(33)27-23-29-28-22(35-23)18-13-24-6-7-25-18/h2,5-7,12-13,16H,3-4,8-11,14H2,1H3,(H,26,32)(H,27,29,33). The summed E-state index contributed by atoms with van der Waals surface area (Å²) in [6.45, 7) is 3.85. The SMILES string of the molecule is CN1CCN(CC(=O)Nc2cc(C(=O)Nc3nnc(-c4cnccn4)s3)ccc2OC2CC2)CC1. The quantitative estimate of drug-likeness (QED) is 0.483. The van der Waals surface area contributed by atoms with Gasteiger partial charge in [-0.3, -0.25) is 29.8 Å². The molecule has 2 fully saturated rings. The van der Waals surface area contributed by atoms with Crippen LogP contribution in [0.15, 0.2) is 36.8 Å². The molecule has 1 saturated carbocycles. The van der Waals surface area contributed by atoms with Gasteiger partial charge in [0.2, 0.25) is 11.0 Å². The van der Waals surface area contributed by atoms with E-state index < -0.39 is 0 Å². The van der Waals surface area contributed by atoms with Crippen molar-refractivity contribution < 1.29 is 14.3 Å². The van der Waals surface area contributed by atoms with Gasteiger partial charge in [-0.15, -0.1) is 10.2 Å². The number of nitrogens with zero attached hydrogens (tertiary/aromatic N) is 6. The van der Waals surface area contributed by atoms with Crippen molar-refractivity contribution in [1.29, 1.82) is 0 Å². The predicted molar refractivity (Wildman–Crippen MR) is 132 cm³/mol. The molecule has 0 radical (unpaired) electrons. The lowest BCUT2D eigenvalue weighted by Gasteiger charge is -2.31. The number of carbonyl (C=O) groups excluding carboxylic acids is 2. The van der Waals surface area contributed by atoms with Crippen molar-refractivity contribution in [3.8, 4) is 16.5 Å². The lowest BCUT2D eigenvalue weighted by atomic mass is 10.1. The van der Waals surface area contributed by atoms with Crippen molar-refractivity contribution in [3.05, 3.63) is 42.4 Å². The lowest BCUT2D eigenvalue weighted by Crippen LogP contribution is -2.47. The average molecular weight is 495 g/mol. The highest BCUT2D eigenvalue weighted by Crippen LogP contribution is 2.33. The molecular weight excluding hydrogens is 468 g/mol. The van der Waals surface area contributed by atoms with Gasteiger partial charge in [0.15, 0.2) is 5.01 Å². The van der Waals surface area contributed by atoms with Crippen LogP contribution in [0.2, 0.25) is 0 Å². The van der Waals surface area contributed by atoms with Crippen LogP contribution in [0.25, 0.3) is 10.7 Å². The number of rotatable bonds is 8. The summed E-state index contributed by atoms with van der Waals surface area (Å²) in [7, 11) is 2.08. The number of aromatic nitrogens is 4. The Hall–Kier alpha value is -3.48. The summed E-state index contributed by atoms with van der Waals surface area (Å²) in [6.07, 6.45) is 6.86. The third-order valence-electron chi connectivity index (χ3n) is 5.72. The fourth-order valence-electron chi connectivity index (χ4n) is 3.59. The minimum atomic E-state index is -0.362. The molecule has 0 atom stereocenters. The predicted octanol–water partition coefficient (Wildman–Crippen LogP) is 1.97. The molecule has 2 aliphatic rings. The number of likely N-dealkylation sites (N-methyl/N-ethyl adjacent to an activating group) is 1. The Balaban J connectivity index is 1.27. The summed E-state index contributed by atoms with van der Waals surface area (Å²) in [5, 5.41) is 14.7. The zero-order valence-corrected chi connectivity index (χ0v) is 20.1. The fourth-order valence-corrected chi connectivity index (χ4v) is 4.29. The number of benzene rings is 1. The van der Waals surface area contributed by atoms with Gasteiger partial charge in [0, 0.05) is 44.1 Å². The zero-order chi connectivity index (χ0) is 24.2. The van der Waals surface area contributed by atoms with E-state index in [-0.39, 0.29) is 17.9 Å². The molecule has 1 aliphatic carbocycles. The second-order valence-electron chi connectivity index (χ2n) is 8.61. The lowest BCUT2D eigenvalue weighted by molar-refractivity contribution is -0.117. The van der Waals surface area contributed by atoms with Gasteiger partial charge in [0.25, 0.3) is 5.91 Å². The number of nitrogens with one attached hydrogen (secondary N) is 2. The van der Waals surface area contributed by atoms with Crippen LogP contribution in [0.1, 0.15) is 23.2 Å². The number of hydrogen-bond acceptors (Lipinski definition) is 10. The molecule has 11 nitrogen and oxygen atoms in total. The van der Waals surface area contributed by atoms with Gasteiger partial charge in [0.05, 0.1) is 24.5 Å². The van der Waals surface area contributed by atoms with Crippen molar-refractivity contribution in [1.82, 2.24) is 30.0 Å². The highest BCUT2D eigenvalue weighted by Gasteiger charge is 2.26. The van der Waals surface area contributed by atoms with Crippen LogP contribution >= 0.6 is 11.3 Å². The molecule has 1 aliphatic heterocycles. The topological polar surface area (TPSA) is 125 Å². The number of carbonyl (C=O) groups is 2. The van der Waals surface area contributed by atoms with Crippen molar-refractivity contribution in [2.75, 3.05) is 50.4 Å². The Bertz CT molecular complexity index is 1190. The third kappa shape index (κ3) is 6.15. The molecule has 0 spiro atoms. The van der Waals surface area contributed by atoms with E-state index in [1.807, 2.05) is 0 Å². The monoisotopic (exact) mass is 494 g/mol. The van der Waals surface area contributed by atoms with Gasteiger partial charge < -0.3 is 15.0 Å². The maximum absolute atomic E-state index is 12.9. The summed E-state index contributed by atoms with van der Waals surface area (Å²) < 4.78 is 5.97. The fraction of sp³-hybridized carbons (Fsp3) is 0.391. The number of hydrogen-bond donors (Lipinski definition) is 2. The van der Waals surface area contributed by atoms with E-state index in [9.17, 15) is 9.59 Å². The van der Waals surface area contributed by atoms with Crippen LogP contribution in [0.5, 0.6) is 5.75 Å². The Kier molecular flexibility index (Phi) is 6.93. The first-order chi connectivity index (χ1) is 17.0. The van der Waals surface area contributed by atoms with E-state index in [1.54, 1.807) is 36.8 Å². The molecule has 0 unspecified atom stereocenters. The molecule has 1 saturated heterocycles. The second kappa shape index (κ2) is 10.4. The first-order valence-electron chi connectivity index (χ1n) is 11.5. The minimum absolute atomic E-state index is 0.134. The van der Waals surface area contributed by atoms with Crippen molar-refractivity contribution in [3.63, 3.8) is 0 Å². The molecule has 35 heavy (non-hydrogen) atoms. The highest BCUT2D eigenvalue weighted by atomic mass is 32.1. The van der Waals surface area contributed by atoms with E-state index in [1.165, 1.54) is 11.3 Å². The van der Waals surface area contributed by atoms with Crippen LogP contribution in [0.3, 0.4) is 0 Å². The largest absolute Gasteiger partial charge is 0.488 e. The molecule has 2 amide bonds. The Labute approximate surface area is 206 Å². The minimum Gasteiger partial charge on any atom is -0.488 e. The number of piperazine rings is 1. The number of anilines is 2. The van der Waals surface area contributed by atoms with Gasteiger partial charge in [-0.2, -0.15) is 0 Å². The van der Waals surface area contributed by atoms with Gasteiger partial charge in [-0.05, 0) is 38.1 Å². The molecule has 3 heterocycles. The molecule has 12 heteroatoms. The molecule has 5 rings (SSSR count). The molecule has 1 aromatic carbocycles. The molecular formula is C23H26N8O3S. The molecule has 2 N–H and O–H groups in total. The molecule has 182 valence electrons. The molecule has 0 bridgehead atoms. The Morgan fingerprint density at radius 2 is 1.94 bits per heavy atom. The Morgan fingerprint density at radius 1 is 1.11 bits per heavy atom. The van der Waals surface area contributed by atoms with Crippen molar-refractivity contribution in [2.24, 2.45) is 0 Å². The van der Waals surface area contributed by atoms with Crippen LogP contribution < -0.4 is 15.4 Å². The van der Waals surface area contributed by atoms with E-state index in [0.29, 0.717) is 39.4 Å². The maximum atomic E-state index is 12.9. The zero-order valence-electron chi connectivity index (χ0n) is 19.3. The number of ether oxygens (including phenoxy) is 1. The smallest absolute Gasteiger partial charge is 0.257 e. The normalized spacial score (nSPS) is 16.6. The number of amides is 2. The van der Waals surface area contributed by atoms with E-state index in [2.05, 4.69) is 47.6 Å². The van der Waals surface area contributed by atoms with E-state index in [4.69, 9.17) is 4.74 Å². The highest BCUT2D eigenvalue weighted by molar-refractivity contribution is 7.18. The maximum Gasteiger partial charge on any atom is 0.257 e. The van der Waals surface area contributed by atoms with Gasteiger partial charge in [-0.25, -0.2) is 0 Å². The van der Waals surface area contributed by atoms with Gasteiger partial charge in [0.1, 0.15) is 11.4 Å². The first-order valence-corrected chi connectivity index (χ1v) is 12.3. The Morgan fingerprint density at radius 3 is 2.69 bits per heavy atom. The van der Waals surface area contributed by atoms with Crippen LogP contribution in [-0.4, -0.2) is 87.7 Å². The average Bonchev–Trinajstić information content (AvgIpc) is 3.56. The van der Waals surface area contributed by atoms with Crippen LogP contribution in [-0.2, 0) is 4.79 Å². The summed E-state index contributed by atoms with van der Waals surface area (Å²) in [5.74, 6) is 0.0708. The third-order valence-corrected chi connectivity index (χ3v) is 6.59. The van der Waals surface area contributed by atoms with E-state index in [0.717, 1.165) is 39.0 Å². The van der Waals surface area contributed by atoms with Gasteiger partial charge >= 0.3 is 0 Å². The van der Waals surface area contributed by atoms with Crippen LogP contribution in [0, 0.1) is 0 Å². The van der Waals surface area contributed by atoms with Gasteiger partial charge in [-0.1, -0.05) is 11.3 Å².